The minimum absolute atomic E-state index is 0.272. The summed E-state index contributed by atoms with van der Waals surface area (Å²) in [5.74, 6) is 0. The van der Waals surface area contributed by atoms with Gasteiger partial charge in [-0.25, -0.2) is 0 Å². The number of halogens is 6. The molecule has 2 aromatic rings. The van der Waals surface area contributed by atoms with Gasteiger partial charge in [0.2, 0.25) is 0 Å². The van der Waals surface area contributed by atoms with Crippen LogP contribution < -0.4 is 0 Å². The van der Waals surface area contributed by atoms with Crippen LogP contribution in [0.2, 0.25) is 0 Å². The van der Waals surface area contributed by atoms with Crippen molar-refractivity contribution in [1.29, 1.82) is 0 Å². The fourth-order valence-electron chi connectivity index (χ4n) is 1.54. The van der Waals surface area contributed by atoms with Crippen molar-refractivity contribution in [1.82, 2.24) is 9.97 Å². The van der Waals surface area contributed by atoms with Crippen LogP contribution in [0.1, 0.15) is 11.1 Å². The van der Waals surface area contributed by atoms with Gasteiger partial charge in [-0.3, -0.25) is 9.97 Å². The van der Waals surface area contributed by atoms with E-state index in [0.717, 1.165) is 24.4 Å². The standard InChI is InChI=1S/C12H6F6N2/c13-11(14,15)7-3-4-9(20-6-7)10-8(12(16,17)18)2-1-5-19-10/h1-6H. The summed E-state index contributed by atoms with van der Waals surface area (Å²) in [6, 6.07) is 3.41. The molecule has 0 N–H and O–H groups in total. The van der Waals surface area contributed by atoms with Crippen molar-refractivity contribution in [2.45, 2.75) is 12.4 Å². The highest BCUT2D eigenvalue weighted by Crippen LogP contribution is 2.35. The van der Waals surface area contributed by atoms with Gasteiger partial charge >= 0.3 is 12.4 Å². The quantitative estimate of drug-likeness (QED) is 0.737. The third kappa shape index (κ3) is 2.89. The van der Waals surface area contributed by atoms with E-state index in [9.17, 15) is 26.3 Å². The molecule has 106 valence electrons. The Hall–Kier alpha value is -2.12. The van der Waals surface area contributed by atoms with Gasteiger partial charge in [0.1, 0.15) is 5.69 Å². The van der Waals surface area contributed by atoms with Gasteiger partial charge in [-0.2, -0.15) is 26.3 Å². The molecule has 0 saturated carbocycles. The van der Waals surface area contributed by atoms with Crippen molar-refractivity contribution in [3.05, 3.63) is 47.8 Å². The lowest BCUT2D eigenvalue weighted by Crippen LogP contribution is -2.09. The van der Waals surface area contributed by atoms with Gasteiger partial charge in [-0.15, -0.1) is 0 Å². The van der Waals surface area contributed by atoms with Gasteiger partial charge in [0.25, 0.3) is 0 Å². The predicted octanol–water partition coefficient (Wildman–Crippen LogP) is 4.18. The SMILES string of the molecule is FC(F)(F)c1ccc(-c2ncccc2C(F)(F)F)nc1. The molecule has 0 unspecified atom stereocenters. The molecule has 0 bridgehead atoms. The molecule has 2 aromatic heterocycles. The summed E-state index contributed by atoms with van der Waals surface area (Å²) in [5, 5.41) is 0. The Labute approximate surface area is 109 Å². The number of hydrogen-bond donors (Lipinski definition) is 0. The lowest BCUT2D eigenvalue weighted by Gasteiger charge is -2.11. The van der Waals surface area contributed by atoms with Crippen molar-refractivity contribution in [3.63, 3.8) is 0 Å². The van der Waals surface area contributed by atoms with E-state index in [1.165, 1.54) is 0 Å². The summed E-state index contributed by atoms with van der Waals surface area (Å²) in [5.41, 5.74) is -2.86. The molecule has 2 rings (SSSR count). The zero-order valence-electron chi connectivity index (χ0n) is 9.63. The maximum Gasteiger partial charge on any atom is 0.418 e. The molecule has 0 atom stereocenters. The minimum Gasteiger partial charge on any atom is -0.254 e. The van der Waals surface area contributed by atoms with Crippen molar-refractivity contribution in [3.8, 4) is 11.4 Å². The molecular formula is C12H6F6N2. The Morgan fingerprint density at radius 1 is 0.800 bits per heavy atom. The summed E-state index contributed by atoms with van der Waals surface area (Å²) in [7, 11) is 0. The topological polar surface area (TPSA) is 25.8 Å². The number of hydrogen-bond acceptors (Lipinski definition) is 2. The first-order chi connectivity index (χ1) is 9.19. The van der Waals surface area contributed by atoms with E-state index in [2.05, 4.69) is 9.97 Å². The summed E-state index contributed by atoms with van der Waals surface area (Å²) in [6.45, 7) is 0. The van der Waals surface area contributed by atoms with E-state index < -0.39 is 29.2 Å². The lowest BCUT2D eigenvalue weighted by atomic mass is 10.1. The fourth-order valence-corrected chi connectivity index (χ4v) is 1.54. The number of nitrogens with zero attached hydrogens (tertiary/aromatic N) is 2. The first-order valence-corrected chi connectivity index (χ1v) is 5.25. The summed E-state index contributed by atoms with van der Waals surface area (Å²) in [4.78, 5) is 6.95. The molecule has 0 aliphatic carbocycles. The van der Waals surface area contributed by atoms with Gasteiger partial charge in [0.05, 0.1) is 16.8 Å². The van der Waals surface area contributed by atoms with E-state index in [4.69, 9.17) is 0 Å². The smallest absolute Gasteiger partial charge is 0.254 e. The second-order valence-electron chi connectivity index (χ2n) is 3.83. The zero-order chi connectivity index (χ0) is 15.0. The Morgan fingerprint density at radius 2 is 1.50 bits per heavy atom. The highest BCUT2D eigenvalue weighted by atomic mass is 19.4. The molecule has 2 heterocycles. The highest BCUT2D eigenvalue weighted by molar-refractivity contribution is 5.59. The molecule has 20 heavy (non-hydrogen) atoms. The molecule has 8 heteroatoms. The maximum absolute atomic E-state index is 12.8. The van der Waals surface area contributed by atoms with Crippen LogP contribution in [0.15, 0.2) is 36.7 Å². The first kappa shape index (κ1) is 14.3. The minimum atomic E-state index is -4.66. The molecule has 0 spiro atoms. The Bertz CT molecular complexity index is 601. The van der Waals surface area contributed by atoms with Crippen molar-refractivity contribution in [2.75, 3.05) is 0 Å². The van der Waals surface area contributed by atoms with Crippen LogP contribution in [0, 0.1) is 0 Å². The van der Waals surface area contributed by atoms with E-state index in [1.54, 1.807) is 0 Å². The molecule has 0 saturated heterocycles. The van der Waals surface area contributed by atoms with Crippen LogP contribution in [0.4, 0.5) is 26.3 Å². The predicted molar refractivity (Wildman–Crippen MR) is 57.5 cm³/mol. The van der Waals surface area contributed by atoms with Gasteiger partial charge in [-0.1, -0.05) is 0 Å². The van der Waals surface area contributed by atoms with Crippen LogP contribution >= 0.6 is 0 Å². The van der Waals surface area contributed by atoms with E-state index in [-0.39, 0.29) is 5.69 Å². The van der Waals surface area contributed by atoms with E-state index in [0.29, 0.717) is 12.3 Å². The monoisotopic (exact) mass is 292 g/mol. The fraction of sp³-hybridized carbons (Fsp3) is 0.167. The second-order valence-corrected chi connectivity index (χ2v) is 3.83. The molecule has 0 aliphatic heterocycles. The molecule has 0 radical (unpaired) electrons. The number of alkyl halides is 6. The number of rotatable bonds is 1. The van der Waals surface area contributed by atoms with E-state index in [1.807, 2.05) is 0 Å². The van der Waals surface area contributed by atoms with Gasteiger partial charge in [-0.05, 0) is 24.3 Å². The summed E-state index contributed by atoms with van der Waals surface area (Å²) >= 11 is 0. The second kappa shape index (κ2) is 4.77. The average molecular weight is 292 g/mol. The van der Waals surface area contributed by atoms with Gasteiger partial charge in [0, 0.05) is 12.4 Å². The highest BCUT2D eigenvalue weighted by Gasteiger charge is 2.35. The average Bonchev–Trinajstić information content (AvgIpc) is 2.37. The zero-order valence-corrected chi connectivity index (χ0v) is 9.63. The lowest BCUT2D eigenvalue weighted by molar-refractivity contribution is -0.138. The van der Waals surface area contributed by atoms with Crippen molar-refractivity contribution >= 4 is 0 Å². The molecule has 0 aliphatic rings. The summed E-state index contributed by atoms with van der Waals surface area (Å²) < 4.78 is 75.3. The van der Waals surface area contributed by atoms with Crippen molar-refractivity contribution < 1.29 is 26.3 Å². The van der Waals surface area contributed by atoms with Crippen LogP contribution in [0.3, 0.4) is 0 Å². The Morgan fingerprint density at radius 3 is 2.00 bits per heavy atom. The van der Waals surface area contributed by atoms with Crippen LogP contribution in [0.5, 0.6) is 0 Å². The molecule has 0 aromatic carbocycles. The largest absolute Gasteiger partial charge is 0.418 e. The third-order valence-electron chi connectivity index (χ3n) is 2.45. The van der Waals surface area contributed by atoms with Gasteiger partial charge in [0.15, 0.2) is 0 Å². The third-order valence-corrected chi connectivity index (χ3v) is 2.45. The molecular weight excluding hydrogens is 286 g/mol. The first-order valence-electron chi connectivity index (χ1n) is 5.25. The summed E-state index contributed by atoms with van der Waals surface area (Å²) in [6.07, 6.45) is -7.66. The van der Waals surface area contributed by atoms with Crippen LogP contribution in [0.25, 0.3) is 11.4 Å². The van der Waals surface area contributed by atoms with Crippen LogP contribution in [-0.2, 0) is 12.4 Å². The molecule has 0 fully saturated rings. The van der Waals surface area contributed by atoms with Gasteiger partial charge < -0.3 is 0 Å². The Balaban J connectivity index is 2.48. The van der Waals surface area contributed by atoms with Crippen LogP contribution in [-0.4, -0.2) is 9.97 Å². The Kier molecular flexibility index (Phi) is 3.41. The molecule has 0 amide bonds. The van der Waals surface area contributed by atoms with Crippen molar-refractivity contribution in [2.24, 2.45) is 0 Å². The maximum atomic E-state index is 12.8. The normalized spacial score (nSPS) is 12.5. The van der Waals surface area contributed by atoms with E-state index >= 15 is 0 Å². The number of pyridine rings is 2. The number of aromatic nitrogens is 2. The molecule has 2 nitrogen and oxygen atoms in total.